The second kappa shape index (κ2) is 11.6. The fourth-order valence-electron chi connectivity index (χ4n) is 3.70. The number of unbranched alkanes of at least 4 members (excludes halogenated alkanes) is 4. The van der Waals surface area contributed by atoms with E-state index in [9.17, 15) is 9.59 Å². The molecule has 1 aromatic heterocycles. The first-order valence-electron chi connectivity index (χ1n) is 11.3. The molecule has 0 bridgehead atoms. The van der Waals surface area contributed by atoms with Gasteiger partial charge in [-0.25, -0.2) is 0 Å². The smallest absolute Gasteiger partial charge is 0.242 e. The first kappa shape index (κ1) is 22.1. The van der Waals surface area contributed by atoms with E-state index in [1.807, 2.05) is 47.4 Å². The predicted octanol–water partition coefficient (Wildman–Crippen LogP) is 5.16. The molecular formula is C25H34N2O3. The summed E-state index contributed by atoms with van der Waals surface area (Å²) in [6.45, 7) is 3.26. The Hall–Kier alpha value is -2.56. The lowest BCUT2D eigenvalue weighted by Gasteiger charge is -2.27. The highest BCUT2D eigenvalue weighted by Crippen LogP contribution is 2.28. The van der Waals surface area contributed by atoms with Crippen molar-refractivity contribution >= 4 is 11.8 Å². The van der Waals surface area contributed by atoms with Gasteiger partial charge in [0.25, 0.3) is 0 Å². The number of carbonyl (C=O) groups excluding carboxylic acids is 2. The maximum absolute atomic E-state index is 13.2. The van der Waals surface area contributed by atoms with E-state index in [1.165, 1.54) is 19.3 Å². The van der Waals surface area contributed by atoms with Crippen molar-refractivity contribution in [3.05, 3.63) is 60.1 Å². The zero-order chi connectivity index (χ0) is 21.2. The second-order valence-corrected chi connectivity index (χ2v) is 8.23. The Balaban J connectivity index is 1.60. The lowest BCUT2D eigenvalue weighted by molar-refractivity contribution is -0.142. The Bertz CT molecular complexity index is 769. The Morgan fingerprint density at radius 3 is 2.37 bits per heavy atom. The first-order valence-corrected chi connectivity index (χ1v) is 11.3. The quantitative estimate of drug-likeness (QED) is 0.429. The van der Waals surface area contributed by atoms with Crippen LogP contribution in [0.3, 0.4) is 0 Å². The van der Waals surface area contributed by atoms with Crippen molar-refractivity contribution in [2.75, 3.05) is 6.54 Å². The van der Waals surface area contributed by atoms with Crippen LogP contribution in [-0.2, 0) is 22.7 Å². The lowest BCUT2D eigenvalue weighted by atomic mass is 10.1. The summed E-state index contributed by atoms with van der Waals surface area (Å²) in [6, 6.07) is 13.9. The van der Waals surface area contributed by atoms with Crippen molar-refractivity contribution in [3.8, 4) is 0 Å². The first-order chi connectivity index (χ1) is 14.7. The number of hydrogen-bond donors (Lipinski definition) is 0. The molecule has 0 saturated heterocycles. The highest BCUT2D eigenvalue weighted by molar-refractivity contribution is 5.85. The number of carbonyl (C=O) groups is 2. The summed E-state index contributed by atoms with van der Waals surface area (Å²) in [4.78, 5) is 29.7. The summed E-state index contributed by atoms with van der Waals surface area (Å²) >= 11 is 0. The molecule has 2 amide bonds. The normalized spacial score (nSPS) is 13.2. The molecule has 0 unspecified atom stereocenters. The van der Waals surface area contributed by atoms with Crippen LogP contribution in [0.1, 0.15) is 69.6 Å². The molecule has 3 rings (SSSR count). The fraction of sp³-hybridized carbons (Fsp3) is 0.520. The van der Waals surface area contributed by atoms with Gasteiger partial charge >= 0.3 is 0 Å². The molecule has 1 heterocycles. The topological polar surface area (TPSA) is 53.8 Å². The highest BCUT2D eigenvalue weighted by Gasteiger charge is 2.34. The van der Waals surface area contributed by atoms with Crippen LogP contribution < -0.4 is 0 Å². The average Bonchev–Trinajstić information content (AvgIpc) is 3.47. The highest BCUT2D eigenvalue weighted by atomic mass is 16.3. The minimum atomic E-state index is -0.0264. The third kappa shape index (κ3) is 7.05. The molecule has 5 heteroatoms. The van der Waals surface area contributed by atoms with Crippen LogP contribution >= 0.6 is 0 Å². The van der Waals surface area contributed by atoms with Gasteiger partial charge in [0.2, 0.25) is 11.8 Å². The summed E-state index contributed by atoms with van der Waals surface area (Å²) in [5.41, 5.74) is 1.07. The van der Waals surface area contributed by atoms with Gasteiger partial charge in [0.1, 0.15) is 12.3 Å². The van der Waals surface area contributed by atoms with E-state index in [-0.39, 0.29) is 24.4 Å². The van der Waals surface area contributed by atoms with Crippen molar-refractivity contribution in [3.63, 3.8) is 0 Å². The molecule has 5 nitrogen and oxygen atoms in total. The molecule has 1 saturated carbocycles. The van der Waals surface area contributed by atoms with Gasteiger partial charge in [-0.15, -0.1) is 0 Å². The van der Waals surface area contributed by atoms with E-state index in [2.05, 4.69) is 6.92 Å². The number of benzene rings is 1. The van der Waals surface area contributed by atoms with Crippen LogP contribution in [0.15, 0.2) is 53.1 Å². The second-order valence-electron chi connectivity index (χ2n) is 8.23. The molecule has 162 valence electrons. The van der Waals surface area contributed by atoms with E-state index in [4.69, 9.17) is 4.42 Å². The van der Waals surface area contributed by atoms with Crippen LogP contribution in [0, 0.1) is 0 Å². The molecule has 30 heavy (non-hydrogen) atoms. The van der Waals surface area contributed by atoms with Gasteiger partial charge in [0.15, 0.2) is 0 Å². The van der Waals surface area contributed by atoms with E-state index in [1.54, 1.807) is 11.2 Å². The van der Waals surface area contributed by atoms with Gasteiger partial charge in [-0.1, -0.05) is 62.9 Å². The number of rotatable bonds is 13. The van der Waals surface area contributed by atoms with Crippen LogP contribution in [0.5, 0.6) is 0 Å². The fourth-order valence-corrected chi connectivity index (χ4v) is 3.70. The zero-order valence-electron chi connectivity index (χ0n) is 18.1. The van der Waals surface area contributed by atoms with Crippen molar-refractivity contribution in [1.82, 2.24) is 9.80 Å². The molecule has 0 spiro atoms. The van der Waals surface area contributed by atoms with Crippen molar-refractivity contribution < 1.29 is 14.0 Å². The molecular weight excluding hydrogens is 376 g/mol. The van der Waals surface area contributed by atoms with Crippen LogP contribution in [-0.4, -0.2) is 34.2 Å². The van der Waals surface area contributed by atoms with Crippen LogP contribution in [0.25, 0.3) is 0 Å². The van der Waals surface area contributed by atoms with Gasteiger partial charge in [0, 0.05) is 19.0 Å². The molecule has 2 aromatic rings. The largest absolute Gasteiger partial charge is 0.467 e. The van der Waals surface area contributed by atoms with Gasteiger partial charge in [0.05, 0.1) is 12.8 Å². The third-order valence-electron chi connectivity index (χ3n) is 5.60. The number of hydrogen-bond acceptors (Lipinski definition) is 3. The van der Waals surface area contributed by atoms with Gasteiger partial charge in [-0.05, 0) is 37.0 Å². The minimum Gasteiger partial charge on any atom is -0.467 e. The van der Waals surface area contributed by atoms with Gasteiger partial charge < -0.3 is 14.2 Å². The van der Waals surface area contributed by atoms with Gasteiger partial charge in [-0.3, -0.25) is 9.59 Å². The molecule has 1 fully saturated rings. The van der Waals surface area contributed by atoms with E-state index in [0.29, 0.717) is 19.5 Å². The minimum absolute atomic E-state index is 0.0264. The summed E-state index contributed by atoms with van der Waals surface area (Å²) in [6.07, 6.45) is 9.78. The Morgan fingerprint density at radius 2 is 1.70 bits per heavy atom. The van der Waals surface area contributed by atoms with Crippen molar-refractivity contribution in [1.29, 1.82) is 0 Å². The Morgan fingerprint density at radius 1 is 0.933 bits per heavy atom. The summed E-state index contributed by atoms with van der Waals surface area (Å²) in [5.74, 6) is 0.848. The molecule has 1 aliphatic rings. The van der Waals surface area contributed by atoms with Crippen LogP contribution in [0.4, 0.5) is 0 Å². The zero-order valence-corrected chi connectivity index (χ0v) is 18.1. The number of nitrogens with zero attached hydrogens (tertiary/aromatic N) is 2. The van der Waals surface area contributed by atoms with E-state index >= 15 is 0 Å². The predicted molar refractivity (Wildman–Crippen MR) is 118 cm³/mol. The maximum Gasteiger partial charge on any atom is 0.242 e. The maximum atomic E-state index is 13.2. The molecule has 0 aliphatic heterocycles. The Kier molecular flexibility index (Phi) is 8.54. The Labute approximate surface area is 180 Å². The lowest BCUT2D eigenvalue weighted by Crippen LogP contribution is -2.43. The number of amides is 2. The molecule has 1 aromatic carbocycles. The molecule has 0 N–H and O–H groups in total. The van der Waals surface area contributed by atoms with Crippen molar-refractivity contribution in [2.24, 2.45) is 0 Å². The number of furan rings is 1. The van der Waals surface area contributed by atoms with Crippen molar-refractivity contribution in [2.45, 2.75) is 77.4 Å². The summed E-state index contributed by atoms with van der Waals surface area (Å²) < 4.78 is 5.47. The molecule has 1 aliphatic carbocycles. The molecule has 0 atom stereocenters. The van der Waals surface area contributed by atoms with Gasteiger partial charge in [-0.2, -0.15) is 0 Å². The monoisotopic (exact) mass is 410 g/mol. The van der Waals surface area contributed by atoms with E-state index < -0.39 is 0 Å². The third-order valence-corrected chi connectivity index (χ3v) is 5.60. The summed E-state index contributed by atoms with van der Waals surface area (Å²) in [7, 11) is 0. The standard InChI is InChI=1S/C25H34N2O3/c1-2-3-4-5-9-14-24(28)27(22-15-16-22)20-25(29)26(19-23-13-10-17-30-23)18-21-11-7-6-8-12-21/h6-8,10-13,17,22H,2-5,9,14-16,18-20H2,1H3. The average molecular weight is 411 g/mol. The molecule has 0 radical (unpaired) electrons. The van der Waals surface area contributed by atoms with Crippen LogP contribution in [0.2, 0.25) is 0 Å². The summed E-state index contributed by atoms with van der Waals surface area (Å²) in [5, 5.41) is 0. The van der Waals surface area contributed by atoms with E-state index in [0.717, 1.165) is 37.0 Å². The SMILES string of the molecule is CCCCCCCC(=O)N(CC(=O)N(Cc1ccccc1)Cc1ccco1)C1CC1.